The van der Waals surface area contributed by atoms with Crippen LogP contribution in [0.5, 0.6) is 11.5 Å². The Labute approximate surface area is 232 Å². The van der Waals surface area contributed by atoms with E-state index in [2.05, 4.69) is 11.0 Å². The number of hydrogen-bond acceptors (Lipinski definition) is 5. The van der Waals surface area contributed by atoms with Gasteiger partial charge in [-0.05, 0) is 60.9 Å². The number of fused-ring (bicyclic) bond motifs is 1. The monoisotopic (exact) mass is 550 g/mol. The lowest BCUT2D eigenvalue weighted by Gasteiger charge is -2.35. The minimum atomic E-state index is -4.48. The molecule has 1 saturated heterocycles. The van der Waals surface area contributed by atoms with Crippen molar-refractivity contribution >= 4 is 0 Å². The Hall–Kier alpha value is -3.54. The molecule has 0 radical (unpaired) electrons. The van der Waals surface area contributed by atoms with Gasteiger partial charge in [0, 0.05) is 29.8 Å². The average Bonchev–Trinajstić information content (AvgIpc) is 3.46. The van der Waals surface area contributed by atoms with Crippen LogP contribution in [0.1, 0.15) is 53.5 Å². The molecule has 3 aromatic rings. The van der Waals surface area contributed by atoms with Crippen LogP contribution < -0.4 is 9.47 Å². The van der Waals surface area contributed by atoms with E-state index in [9.17, 15) is 23.5 Å². The van der Waals surface area contributed by atoms with Crippen LogP contribution in [0.4, 0.5) is 13.2 Å². The summed E-state index contributed by atoms with van der Waals surface area (Å²) in [5, 5.41) is 19.9. The molecule has 2 aliphatic rings. The molecule has 3 aromatic carbocycles. The number of ether oxygens (including phenoxy) is 2. The predicted molar refractivity (Wildman–Crippen MR) is 146 cm³/mol. The third-order valence-corrected chi connectivity index (χ3v) is 7.88. The second kappa shape index (κ2) is 12.3. The van der Waals surface area contributed by atoms with E-state index in [-0.39, 0.29) is 25.0 Å². The number of nitrogens with zero attached hydrogens (tertiary/aromatic N) is 2. The van der Waals surface area contributed by atoms with Crippen LogP contribution in [-0.2, 0) is 26.0 Å². The SMILES string of the molecule is N#Cc1c(COc2cc(OCC(F)(F)F)c(CN3CCCC[C@H]3CO)c3c2CCC3)cccc1-c1ccccc1. The van der Waals surface area contributed by atoms with Gasteiger partial charge in [0.15, 0.2) is 6.61 Å². The maximum atomic E-state index is 13.2. The van der Waals surface area contributed by atoms with E-state index in [4.69, 9.17) is 9.47 Å². The van der Waals surface area contributed by atoms with Crippen molar-refractivity contribution in [2.24, 2.45) is 0 Å². The van der Waals surface area contributed by atoms with Crippen LogP contribution >= 0.6 is 0 Å². The molecule has 40 heavy (non-hydrogen) atoms. The zero-order valence-corrected chi connectivity index (χ0v) is 22.3. The summed E-state index contributed by atoms with van der Waals surface area (Å²) >= 11 is 0. The minimum absolute atomic E-state index is 0.0153. The first-order valence-electron chi connectivity index (χ1n) is 13.8. The Balaban J connectivity index is 1.47. The number of rotatable bonds is 9. The Morgan fingerprint density at radius 3 is 2.50 bits per heavy atom. The topological polar surface area (TPSA) is 65.7 Å². The fourth-order valence-electron chi connectivity index (χ4n) is 5.93. The molecule has 0 unspecified atom stereocenters. The number of nitriles is 1. The summed E-state index contributed by atoms with van der Waals surface area (Å²) < 4.78 is 51.3. The van der Waals surface area contributed by atoms with E-state index >= 15 is 0 Å². The molecule has 210 valence electrons. The Bertz CT molecular complexity index is 1370. The number of benzene rings is 3. The molecule has 0 aromatic heterocycles. The van der Waals surface area contributed by atoms with Crippen LogP contribution in [0.2, 0.25) is 0 Å². The second-order valence-electron chi connectivity index (χ2n) is 10.5. The van der Waals surface area contributed by atoms with Gasteiger partial charge in [0.05, 0.1) is 12.2 Å². The summed E-state index contributed by atoms with van der Waals surface area (Å²) in [6, 6.07) is 19.1. The highest BCUT2D eigenvalue weighted by Crippen LogP contribution is 2.41. The van der Waals surface area contributed by atoms with Crippen molar-refractivity contribution in [1.82, 2.24) is 4.90 Å². The summed E-state index contributed by atoms with van der Waals surface area (Å²) in [7, 11) is 0. The molecule has 1 aliphatic carbocycles. The first-order chi connectivity index (χ1) is 19.4. The molecule has 0 spiro atoms. The highest BCUT2D eigenvalue weighted by atomic mass is 19.4. The fourth-order valence-corrected chi connectivity index (χ4v) is 5.93. The van der Waals surface area contributed by atoms with Crippen molar-refractivity contribution < 1.29 is 27.8 Å². The molecule has 5 nitrogen and oxygen atoms in total. The van der Waals surface area contributed by atoms with Crippen LogP contribution in [0.3, 0.4) is 0 Å². The van der Waals surface area contributed by atoms with Crippen molar-refractivity contribution in [3.8, 4) is 28.7 Å². The zero-order valence-electron chi connectivity index (χ0n) is 22.3. The van der Waals surface area contributed by atoms with Crippen molar-refractivity contribution in [2.45, 2.75) is 63.9 Å². The molecule has 0 amide bonds. The zero-order chi connectivity index (χ0) is 28.1. The highest BCUT2D eigenvalue weighted by molar-refractivity contribution is 5.72. The molecular formula is C32H33F3N2O3. The molecular weight excluding hydrogens is 517 g/mol. The van der Waals surface area contributed by atoms with E-state index in [0.717, 1.165) is 72.9 Å². The van der Waals surface area contributed by atoms with Gasteiger partial charge in [0.1, 0.15) is 24.2 Å². The molecule has 5 rings (SSSR count). The Morgan fingerprint density at radius 2 is 1.75 bits per heavy atom. The van der Waals surface area contributed by atoms with E-state index in [0.29, 0.717) is 23.4 Å². The summed E-state index contributed by atoms with van der Waals surface area (Å²) in [6.07, 6.45) is 0.766. The smallest absolute Gasteiger partial charge is 0.422 e. The number of alkyl halides is 3. The van der Waals surface area contributed by atoms with Crippen molar-refractivity contribution in [2.75, 3.05) is 19.8 Å². The molecule has 8 heteroatoms. The van der Waals surface area contributed by atoms with Crippen LogP contribution in [0.25, 0.3) is 11.1 Å². The largest absolute Gasteiger partial charge is 0.488 e. The molecule has 0 bridgehead atoms. The van der Waals surface area contributed by atoms with Gasteiger partial charge >= 0.3 is 6.18 Å². The fraction of sp³-hybridized carbons (Fsp3) is 0.406. The van der Waals surface area contributed by atoms with Gasteiger partial charge in [0.25, 0.3) is 0 Å². The molecule has 1 heterocycles. The van der Waals surface area contributed by atoms with Crippen molar-refractivity contribution in [1.29, 1.82) is 5.26 Å². The van der Waals surface area contributed by atoms with Crippen LogP contribution in [0, 0.1) is 11.3 Å². The number of aliphatic hydroxyl groups excluding tert-OH is 1. The van der Waals surface area contributed by atoms with Gasteiger partial charge < -0.3 is 14.6 Å². The van der Waals surface area contributed by atoms with Gasteiger partial charge in [0.2, 0.25) is 0 Å². The predicted octanol–water partition coefficient (Wildman–Crippen LogP) is 6.58. The molecule has 1 atom stereocenters. The van der Waals surface area contributed by atoms with Crippen molar-refractivity contribution in [3.63, 3.8) is 0 Å². The molecule has 0 saturated carbocycles. The summed E-state index contributed by atoms with van der Waals surface area (Å²) in [5.41, 5.74) is 5.67. The van der Waals surface area contributed by atoms with Gasteiger partial charge in [-0.15, -0.1) is 0 Å². The van der Waals surface area contributed by atoms with E-state index in [1.165, 1.54) is 0 Å². The lowest BCUT2D eigenvalue weighted by molar-refractivity contribution is -0.153. The van der Waals surface area contributed by atoms with Gasteiger partial charge in [-0.2, -0.15) is 18.4 Å². The number of aliphatic hydroxyl groups is 1. The normalized spacial score (nSPS) is 17.3. The van der Waals surface area contributed by atoms with Crippen molar-refractivity contribution in [3.05, 3.63) is 82.4 Å². The van der Waals surface area contributed by atoms with Gasteiger partial charge in [-0.25, -0.2) is 0 Å². The van der Waals surface area contributed by atoms with E-state index in [1.807, 2.05) is 48.5 Å². The second-order valence-corrected chi connectivity index (χ2v) is 10.5. The number of hydrogen-bond donors (Lipinski definition) is 1. The first-order valence-corrected chi connectivity index (χ1v) is 13.8. The molecule has 1 fully saturated rings. The number of halogens is 3. The van der Waals surface area contributed by atoms with Gasteiger partial charge in [-0.1, -0.05) is 55.0 Å². The lowest BCUT2D eigenvalue weighted by atomic mass is 9.96. The summed E-state index contributed by atoms with van der Waals surface area (Å²) in [5.74, 6) is 0.675. The number of piperidine rings is 1. The highest BCUT2D eigenvalue weighted by Gasteiger charge is 2.32. The first kappa shape index (κ1) is 28.0. The standard InChI is InChI=1S/C32H33F3N2O3/c33-32(34,35)21-40-31-16-30(27-14-7-13-26(27)29(31)18-37-15-5-4-11-24(37)19-38)39-20-23-10-6-12-25(28(23)17-36)22-8-2-1-3-9-22/h1-3,6,8-10,12,16,24,38H,4-5,7,11,13-15,18-21H2/t24-/m0/s1. The summed E-state index contributed by atoms with van der Waals surface area (Å²) in [4.78, 5) is 2.16. The lowest BCUT2D eigenvalue weighted by Crippen LogP contribution is -2.41. The van der Waals surface area contributed by atoms with Crippen LogP contribution in [-0.4, -0.2) is 42.0 Å². The third-order valence-electron chi connectivity index (χ3n) is 7.88. The summed E-state index contributed by atoms with van der Waals surface area (Å²) in [6.45, 7) is -0.0537. The maximum absolute atomic E-state index is 13.2. The number of likely N-dealkylation sites (tertiary alicyclic amines) is 1. The van der Waals surface area contributed by atoms with E-state index in [1.54, 1.807) is 6.07 Å². The molecule has 1 aliphatic heterocycles. The molecule has 1 N–H and O–H groups in total. The Kier molecular flexibility index (Phi) is 8.63. The Morgan fingerprint density at radius 1 is 0.950 bits per heavy atom. The maximum Gasteiger partial charge on any atom is 0.422 e. The van der Waals surface area contributed by atoms with Crippen LogP contribution in [0.15, 0.2) is 54.6 Å². The minimum Gasteiger partial charge on any atom is -0.488 e. The van der Waals surface area contributed by atoms with Gasteiger partial charge in [-0.3, -0.25) is 4.90 Å². The quantitative estimate of drug-likeness (QED) is 0.326. The average molecular weight is 551 g/mol. The third kappa shape index (κ3) is 6.27. The van der Waals surface area contributed by atoms with E-state index < -0.39 is 12.8 Å².